The number of amides is 2. The van der Waals surface area contributed by atoms with Crippen molar-refractivity contribution in [2.24, 2.45) is 0 Å². The third kappa shape index (κ3) is 5.60. The first-order chi connectivity index (χ1) is 14.7. The first-order valence-corrected chi connectivity index (χ1v) is 11.2. The summed E-state index contributed by atoms with van der Waals surface area (Å²) in [4.78, 5) is 37.9. The number of nitrogens with one attached hydrogen (secondary N) is 2. The molecule has 3 rings (SSSR count). The number of hydrogen-bond acceptors (Lipinski definition) is 6. The van der Waals surface area contributed by atoms with E-state index in [0.717, 1.165) is 0 Å². The van der Waals surface area contributed by atoms with E-state index < -0.39 is 28.0 Å². The van der Waals surface area contributed by atoms with Crippen molar-refractivity contribution in [1.82, 2.24) is 4.72 Å². The molecule has 1 heterocycles. The van der Waals surface area contributed by atoms with E-state index in [1.807, 2.05) is 0 Å². The van der Waals surface area contributed by atoms with Crippen molar-refractivity contribution in [1.29, 1.82) is 0 Å². The minimum Gasteiger partial charge on any atom is -0.452 e. The van der Waals surface area contributed by atoms with Gasteiger partial charge in [0.05, 0.1) is 22.7 Å². The summed E-state index contributed by atoms with van der Waals surface area (Å²) in [5.41, 5.74) is 0.991. The molecule has 0 unspecified atom stereocenters. The summed E-state index contributed by atoms with van der Waals surface area (Å²) in [5, 5.41) is 2.94. The molecule has 0 aromatic heterocycles. The fraction of sp³-hybridized carbons (Fsp3) is 0.250. The monoisotopic (exact) mass is 465 g/mol. The van der Waals surface area contributed by atoms with Crippen molar-refractivity contribution in [3.8, 4) is 0 Å². The Morgan fingerprint density at radius 1 is 1.23 bits per heavy atom. The van der Waals surface area contributed by atoms with Crippen molar-refractivity contribution < 1.29 is 27.5 Å². The lowest BCUT2D eigenvalue weighted by Gasteiger charge is -2.30. The predicted molar refractivity (Wildman–Crippen MR) is 114 cm³/mol. The van der Waals surface area contributed by atoms with Crippen molar-refractivity contribution in [3.63, 3.8) is 0 Å². The second-order valence-corrected chi connectivity index (χ2v) is 8.93. The van der Waals surface area contributed by atoms with E-state index in [9.17, 15) is 22.8 Å². The van der Waals surface area contributed by atoms with Gasteiger partial charge in [0.25, 0.3) is 5.91 Å². The van der Waals surface area contributed by atoms with E-state index >= 15 is 0 Å². The van der Waals surface area contributed by atoms with Gasteiger partial charge in [-0.25, -0.2) is 13.1 Å². The summed E-state index contributed by atoms with van der Waals surface area (Å²) in [6, 6.07) is 12.5. The molecule has 0 fully saturated rings. The molecule has 0 radical (unpaired) electrons. The third-order valence-electron chi connectivity index (χ3n) is 4.42. The van der Waals surface area contributed by atoms with Gasteiger partial charge in [-0.15, -0.1) is 0 Å². The van der Waals surface area contributed by atoms with Gasteiger partial charge in [-0.05, 0) is 37.3 Å². The van der Waals surface area contributed by atoms with Gasteiger partial charge in [0, 0.05) is 11.6 Å². The molecule has 164 valence electrons. The zero-order chi connectivity index (χ0) is 22.6. The SMILES string of the molecule is C[C@H](OC(=O)CCNS(=O)(=O)c1cccc(Cl)c1)C(=O)N1CC(=O)Nc2ccccc21. The molecule has 2 N–H and O–H groups in total. The molecule has 1 aliphatic rings. The molecule has 0 saturated carbocycles. The fourth-order valence-corrected chi connectivity index (χ4v) is 4.29. The molecular formula is C20H20ClN3O6S. The van der Waals surface area contributed by atoms with Crippen LogP contribution in [0.5, 0.6) is 0 Å². The Morgan fingerprint density at radius 2 is 1.97 bits per heavy atom. The Hall–Kier alpha value is -2.95. The van der Waals surface area contributed by atoms with Crippen LogP contribution in [0.3, 0.4) is 0 Å². The van der Waals surface area contributed by atoms with Crippen molar-refractivity contribution in [3.05, 3.63) is 53.6 Å². The number of anilines is 2. The molecule has 0 saturated heterocycles. The number of hydrogen-bond donors (Lipinski definition) is 2. The molecule has 1 atom stereocenters. The maximum atomic E-state index is 12.7. The number of nitrogens with zero attached hydrogens (tertiary/aromatic N) is 1. The highest BCUT2D eigenvalue weighted by Gasteiger charge is 2.31. The molecular weight excluding hydrogens is 446 g/mol. The second-order valence-electron chi connectivity index (χ2n) is 6.73. The van der Waals surface area contributed by atoms with Gasteiger partial charge in [-0.1, -0.05) is 29.8 Å². The van der Waals surface area contributed by atoms with Crippen LogP contribution in [0.2, 0.25) is 5.02 Å². The molecule has 2 aromatic carbocycles. The molecule has 11 heteroatoms. The molecule has 0 aliphatic carbocycles. The van der Waals surface area contributed by atoms with E-state index in [-0.39, 0.29) is 35.3 Å². The number of rotatable bonds is 7. The molecule has 0 spiro atoms. The van der Waals surface area contributed by atoms with Gasteiger partial charge in [-0.3, -0.25) is 19.3 Å². The first kappa shape index (κ1) is 22.7. The van der Waals surface area contributed by atoms with Crippen LogP contribution in [0.1, 0.15) is 13.3 Å². The van der Waals surface area contributed by atoms with Gasteiger partial charge in [-0.2, -0.15) is 0 Å². The first-order valence-electron chi connectivity index (χ1n) is 9.32. The lowest BCUT2D eigenvalue weighted by atomic mass is 10.1. The van der Waals surface area contributed by atoms with Crippen molar-refractivity contribution in [2.45, 2.75) is 24.3 Å². The number of para-hydroxylation sites is 2. The summed E-state index contributed by atoms with van der Waals surface area (Å²) < 4.78 is 31.9. The van der Waals surface area contributed by atoms with E-state index in [4.69, 9.17) is 16.3 Å². The summed E-state index contributed by atoms with van der Waals surface area (Å²) in [7, 11) is -3.84. The lowest BCUT2D eigenvalue weighted by Crippen LogP contribution is -2.47. The number of carbonyl (C=O) groups is 3. The smallest absolute Gasteiger partial charge is 0.307 e. The molecule has 2 aromatic rings. The van der Waals surface area contributed by atoms with Gasteiger partial charge >= 0.3 is 5.97 Å². The fourth-order valence-electron chi connectivity index (χ4n) is 2.96. The molecule has 0 bridgehead atoms. The van der Waals surface area contributed by atoms with Crippen LogP contribution in [0, 0.1) is 0 Å². The summed E-state index contributed by atoms with van der Waals surface area (Å²) in [5.74, 6) is -1.68. The highest BCUT2D eigenvalue weighted by Crippen LogP contribution is 2.29. The summed E-state index contributed by atoms with van der Waals surface area (Å²) in [6.45, 7) is 0.978. The minimum atomic E-state index is -3.84. The zero-order valence-electron chi connectivity index (χ0n) is 16.5. The molecule has 9 nitrogen and oxygen atoms in total. The van der Waals surface area contributed by atoms with Crippen molar-refractivity contribution >= 4 is 50.8 Å². The van der Waals surface area contributed by atoms with Crippen LogP contribution in [0.15, 0.2) is 53.4 Å². The van der Waals surface area contributed by atoms with Gasteiger partial charge in [0.15, 0.2) is 6.10 Å². The van der Waals surface area contributed by atoms with E-state index in [2.05, 4.69) is 10.0 Å². The standard InChI is InChI=1S/C20H20ClN3O6S/c1-13(20(27)24-12-18(25)23-16-7-2-3-8-17(16)24)30-19(26)9-10-22-31(28,29)15-6-4-5-14(21)11-15/h2-8,11,13,22H,9-10,12H2,1H3,(H,23,25)/t13-/m0/s1. The maximum absolute atomic E-state index is 12.7. The number of ether oxygens (including phenoxy) is 1. The maximum Gasteiger partial charge on any atom is 0.307 e. The highest BCUT2D eigenvalue weighted by atomic mass is 35.5. The Morgan fingerprint density at radius 3 is 2.71 bits per heavy atom. The Balaban J connectivity index is 1.55. The quantitative estimate of drug-likeness (QED) is 0.602. The molecule has 1 aliphatic heterocycles. The molecule has 31 heavy (non-hydrogen) atoms. The number of esters is 1. The highest BCUT2D eigenvalue weighted by molar-refractivity contribution is 7.89. The summed E-state index contributed by atoms with van der Waals surface area (Å²) in [6.07, 6.45) is -1.44. The second kappa shape index (κ2) is 9.46. The number of sulfonamides is 1. The topological polar surface area (TPSA) is 122 Å². The van der Waals surface area contributed by atoms with Crippen LogP contribution in [-0.4, -0.2) is 45.4 Å². The number of benzene rings is 2. The lowest BCUT2D eigenvalue weighted by molar-refractivity contribution is -0.153. The van der Waals surface area contributed by atoms with Crippen molar-refractivity contribution in [2.75, 3.05) is 23.3 Å². The zero-order valence-corrected chi connectivity index (χ0v) is 18.1. The Bertz CT molecular complexity index is 1120. The average molecular weight is 466 g/mol. The van der Waals surface area contributed by atoms with Crippen LogP contribution in [0.25, 0.3) is 0 Å². The van der Waals surface area contributed by atoms with Gasteiger partial charge in [0.2, 0.25) is 15.9 Å². The minimum absolute atomic E-state index is 0.0287. The average Bonchev–Trinajstić information content (AvgIpc) is 2.72. The van der Waals surface area contributed by atoms with Crippen LogP contribution < -0.4 is 14.9 Å². The molecule has 2 amide bonds. The van der Waals surface area contributed by atoms with Gasteiger partial charge in [0.1, 0.15) is 6.54 Å². The third-order valence-corrected chi connectivity index (χ3v) is 6.11. The predicted octanol–water partition coefficient (Wildman–Crippen LogP) is 1.93. The Labute approximate surface area is 184 Å². The van der Waals surface area contributed by atoms with Crippen LogP contribution >= 0.6 is 11.6 Å². The van der Waals surface area contributed by atoms with Gasteiger partial charge < -0.3 is 10.1 Å². The Kier molecular flexibility index (Phi) is 6.94. The number of halogens is 1. The normalized spacial score (nSPS) is 14.4. The summed E-state index contributed by atoms with van der Waals surface area (Å²) >= 11 is 5.80. The van der Waals surface area contributed by atoms with Crippen LogP contribution in [0.4, 0.5) is 11.4 Å². The number of fused-ring (bicyclic) bond motifs is 1. The van der Waals surface area contributed by atoms with E-state index in [1.54, 1.807) is 30.3 Å². The van der Waals surface area contributed by atoms with Crippen LogP contribution in [-0.2, 0) is 29.1 Å². The number of carbonyl (C=O) groups excluding carboxylic acids is 3. The van der Waals surface area contributed by atoms with E-state index in [0.29, 0.717) is 11.4 Å². The van der Waals surface area contributed by atoms with E-state index in [1.165, 1.54) is 30.0 Å². The largest absolute Gasteiger partial charge is 0.452 e.